The quantitative estimate of drug-likeness (QED) is 0.683. The van der Waals surface area contributed by atoms with E-state index in [0.29, 0.717) is 13.1 Å². The summed E-state index contributed by atoms with van der Waals surface area (Å²) in [5.41, 5.74) is 1.96. The molecule has 2 heterocycles. The zero-order valence-corrected chi connectivity index (χ0v) is 12.2. The molecule has 0 saturated carbocycles. The predicted molar refractivity (Wildman–Crippen MR) is 73.2 cm³/mol. The summed E-state index contributed by atoms with van der Waals surface area (Å²) in [5, 5.41) is 3.12. The first-order valence-corrected chi connectivity index (χ1v) is 8.42. The average molecular weight is 287 g/mol. The second kappa shape index (κ2) is 5.60. The summed E-state index contributed by atoms with van der Waals surface area (Å²) in [6.07, 6.45) is 2.77. The SMILES string of the molecule is CC(C(=O)N1CCCC(NS(C)(=O)=O)C1)=C1CNC1. The lowest BCUT2D eigenvalue weighted by atomic mass is 10.0. The van der Waals surface area contributed by atoms with E-state index in [1.807, 2.05) is 6.92 Å². The Morgan fingerprint density at radius 1 is 1.42 bits per heavy atom. The molecule has 0 aromatic rings. The third kappa shape index (κ3) is 3.77. The van der Waals surface area contributed by atoms with E-state index in [0.717, 1.165) is 43.3 Å². The molecule has 19 heavy (non-hydrogen) atoms. The maximum absolute atomic E-state index is 12.3. The Bertz CT molecular complexity index is 492. The third-order valence-electron chi connectivity index (χ3n) is 3.62. The Kier molecular flexibility index (Phi) is 4.27. The highest BCUT2D eigenvalue weighted by molar-refractivity contribution is 7.88. The van der Waals surface area contributed by atoms with Crippen LogP contribution in [0.3, 0.4) is 0 Å². The van der Waals surface area contributed by atoms with Gasteiger partial charge in [-0.05, 0) is 25.3 Å². The third-order valence-corrected chi connectivity index (χ3v) is 4.38. The van der Waals surface area contributed by atoms with Gasteiger partial charge in [-0.25, -0.2) is 13.1 Å². The van der Waals surface area contributed by atoms with Gasteiger partial charge in [0.2, 0.25) is 15.9 Å². The highest BCUT2D eigenvalue weighted by atomic mass is 32.2. The summed E-state index contributed by atoms with van der Waals surface area (Å²) < 4.78 is 25.1. The van der Waals surface area contributed by atoms with Crippen LogP contribution in [0.5, 0.6) is 0 Å². The van der Waals surface area contributed by atoms with E-state index < -0.39 is 10.0 Å². The van der Waals surface area contributed by atoms with Gasteiger partial charge in [0.05, 0.1) is 6.26 Å². The van der Waals surface area contributed by atoms with Gasteiger partial charge < -0.3 is 10.2 Å². The first-order valence-electron chi connectivity index (χ1n) is 6.53. The highest BCUT2D eigenvalue weighted by Crippen LogP contribution is 2.17. The summed E-state index contributed by atoms with van der Waals surface area (Å²) in [5.74, 6) is 0.0384. The molecule has 0 radical (unpaired) electrons. The van der Waals surface area contributed by atoms with Gasteiger partial charge in [0.25, 0.3) is 0 Å². The van der Waals surface area contributed by atoms with Crippen molar-refractivity contribution in [1.82, 2.24) is 14.9 Å². The average Bonchev–Trinajstić information content (AvgIpc) is 2.23. The van der Waals surface area contributed by atoms with Crippen LogP contribution in [0.4, 0.5) is 0 Å². The number of hydrogen-bond donors (Lipinski definition) is 2. The molecule has 0 aliphatic carbocycles. The van der Waals surface area contributed by atoms with Crippen molar-refractivity contribution < 1.29 is 13.2 Å². The van der Waals surface area contributed by atoms with Gasteiger partial charge in [0.1, 0.15) is 0 Å². The van der Waals surface area contributed by atoms with E-state index in [2.05, 4.69) is 10.0 Å². The molecule has 1 amide bonds. The Hall–Kier alpha value is -0.920. The van der Waals surface area contributed by atoms with Crippen LogP contribution in [0.2, 0.25) is 0 Å². The van der Waals surface area contributed by atoms with Crippen LogP contribution in [0.15, 0.2) is 11.1 Å². The fraction of sp³-hybridized carbons (Fsp3) is 0.750. The molecule has 0 aromatic heterocycles. The molecular formula is C12H21N3O3S. The van der Waals surface area contributed by atoms with Crippen molar-refractivity contribution in [2.75, 3.05) is 32.4 Å². The molecule has 0 aromatic carbocycles. The van der Waals surface area contributed by atoms with Crippen molar-refractivity contribution in [3.8, 4) is 0 Å². The molecule has 2 aliphatic heterocycles. The van der Waals surface area contributed by atoms with Crippen LogP contribution in [0, 0.1) is 0 Å². The Labute approximate surface area is 114 Å². The van der Waals surface area contributed by atoms with Crippen LogP contribution in [-0.4, -0.2) is 57.7 Å². The summed E-state index contributed by atoms with van der Waals surface area (Å²) in [4.78, 5) is 14.1. The first kappa shape index (κ1) is 14.5. The lowest BCUT2D eigenvalue weighted by Crippen LogP contribution is -2.50. The number of rotatable bonds is 3. The van der Waals surface area contributed by atoms with E-state index in [4.69, 9.17) is 0 Å². The van der Waals surface area contributed by atoms with Crippen LogP contribution in [0.1, 0.15) is 19.8 Å². The number of likely N-dealkylation sites (tertiary alicyclic amines) is 1. The highest BCUT2D eigenvalue weighted by Gasteiger charge is 2.27. The summed E-state index contributed by atoms with van der Waals surface area (Å²) >= 11 is 0. The van der Waals surface area contributed by atoms with Gasteiger partial charge in [0, 0.05) is 37.8 Å². The normalized spacial score (nSPS) is 24.0. The second-order valence-electron chi connectivity index (χ2n) is 5.31. The van der Waals surface area contributed by atoms with Crippen molar-refractivity contribution >= 4 is 15.9 Å². The van der Waals surface area contributed by atoms with Crippen molar-refractivity contribution in [2.24, 2.45) is 0 Å². The molecule has 2 fully saturated rings. The summed E-state index contributed by atoms with van der Waals surface area (Å²) in [6, 6.07) is -0.162. The summed E-state index contributed by atoms with van der Waals surface area (Å²) in [6.45, 7) is 4.60. The van der Waals surface area contributed by atoms with Crippen molar-refractivity contribution in [3.63, 3.8) is 0 Å². The zero-order valence-electron chi connectivity index (χ0n) is 11.4. The largest absolute Gasteiger partial charge is 0.337 e. The molecule has 1 unspecified atom stereocenters. The van der Waals surface area contributed by atoms with Crippen molar-refractivity contribution in [3.05, 3.63) is 11.1 Å². The molecule has 2 aliphatic rings. The fourth-order valence-electron chi connectivity index (χ4n) is 2.46. The predicted octanol–water partition coefficient (Wildman–Crippen LogP) is -0.554. The van der Waals surface area contributed by atoms with Gasteiger partial charge in [-0.15, -0.1) is 0 Å². The number of piperidine rings is 1. The minimum Gasteiger partial charge on any atom is -0.337 e. The lowest BCUT2D eigenvalue weighted by Gasteiger charge is -2.34. The van der Waals surface area contributed by atoms with Crippen LogP contribution < -0.4 is 10.0 Å². The van der Waals surface area contributed by atoms with E-state index in [1.54, 1.807) is 4.90 Å². The maximum atomic E-state index is 12.3. The molecule has 0 bridgehead atoms. The smallest absolute Gasteiger partial charge is 0.249 e. The second-order valence-corrected chi connectivity index (χ2v) is 7.09. The number of carbonyl (C=O) groups is 1. The molecular weight excluding hydrogens is 266 g/mol. The first-order chi connectivity index (χ1) is 8.87. The molecule has 7 heteroatoms. The van der Waals surface area contributed by atoms with E-state index >= 15 is 0 Å². The number of hydrogen-bond acceptors (Lipinski definition) is 4. The number of amides is 1. The number of sulfonamides is 1. The number of nitrogens with zero attached hydrogens (tertiary/aromatic N) is 1. The van der Waals surface area contributed by atoms with Gasteiger partial charge in [-0.2, -0.15) is 0 Å². The van der Waals surface area contributed by atoms with Crippen molar-refractivity contribution in [2.45, 2.75) is 25.8 Å². The van der Waals surface area contributed by atoms with Gasteiger partial charge in [0.15, 0.2) is 0 Å². The van der Waals surface area contributed by atoms with Gasteiger partial charge in [-0.1, -0.05) is 0 Å². The molecule has 2 rings (SSSR count). The van der Waals surface area contributed by atoms with E-state index in [1.165, 1.54) is 0 Å². The minimum atomic E-state index is -3.21. The lowest BCUT2D eigenvalue weighted by molar-refractivity contribution is -0.128. The van der Waals surface area contributed by atoms with E-state index in [-0.39, 0.29) is 11.9 Å². The van der Waals surface area contributed by atoms with Crippen molar-refractivity contribution in [1.29, 1.82) is 0 Å². The maximum Gasteiger partial charge on any atom is 0.249 e. The molecule has 2 saturated heterocycles. The fourth-order valence-corrected chi connectivity index (χ4v) is 3.26. The molecule has 1 atom stereocenters. The molecule has 6 nitrogen and oxygen atoms in total. The Morgan fingerprint density at radius 2 is 2.11 bits per heavy atom. The van der Waals surface area contributed by atoms with Crippen LogP contribution in [-0.2, 0) is 14.8 Å². The van der Waals surface area contributed by atoms with Crippen LogP contribution >= 0.6 is 0 Å². The standard InChI is InChI=1S/C12H21N3O3S/c1-9(10-6-13-7-10)12(16)15-5-3-4-11(8-15)14-19(2,17)18/h11,13-14H,3-8H2,1-2H3. The molecule has 0 spiro atoms. The number of nitrogens with one attached hydrogen (secondary N) is 2. The zero-order chi connectivity index (χ0) is 14.0. The molecule has 2 N–H and O–H groups in total. The monoisotopic (exact) mass is 287 g/mol. The van der Waals surface area contributed by atoms with Gasteiger partial charge >= 0.3 is 0 Å². The number of carbonyl (C=O) groups excluding carboxylic acids is 1. The van der Waals surface area contributed by atoms with Crippen LogP contribution in [0.25, 0.3) is 0 Å². The minimum absolute atomic E-state index is 0.0384. The summed E-state index contributed by atoms with van der Waals surface area (Å²) in [7, 11) is -3.21. The topological polar surface area (TPSA) is 78.5 Å². The molecule has 108 valence electrons. The van der Waals surface area contributed by atoms with E-state index in [9.17, 15) is 13.2 Å². The Balaban J connectivity index is 1.99. The Morgan fingerprint density at radius 3 is 2.63 bits per heavy atom. The van der Waals surface area contributed by atoms with Gasteiger partial charge in [-0.3, -0.25) is 4.79 Å².